The van der Waals surface area contributed by atoms with E-state index in [1.807, 2.05) is 19.1 Å². The molecule has 0 bridgehead atoms. The summed E-state index contributed by atoms with van der Waals surface area (Å²) >= 11 is 0. The molecule has 0 aliphatic heterocycles. The van der Waals surface area contributed by atoms with Gasteiger partial charge in [-0.3, -0.25) is 4.98 Å². The summed E-state index contributed by atoms with van der Waals surface area (Å²) in [6.45, 7) is 3.66. The van der Waals surface area contributed by atoms with E-state index in [1.165, 1.54) is 6.07 Å². The summed E-state index contributed by atoms with van der Waals surface area (Å²) < 4.78 is 13.2. The smallest absolute Gasteiger partial charge is 0.126 e. The van der Waals surface area contributed by atoms with Crippen LogP contribution in [0.3, 0.4) is 0 Å². The number of aromatic nitrogens is 1. The van der Waals surface area contributed by atoms with Crippen LogP contribution in [0.5, 0.6) is 0 Å². The molecular formula is C14H15FN2. The van der Waals surface area contributed by atoms with E-state index in [9.17, 15) is 4.39 Å². The van der Waals surface area contributed by atoms with Gasteiger partial charge in [0.15, 0.2) is 0 Å². The van der Waals surface area contributed by atoms with Gasteiger partial charge in [-0.15, -0.1) is 0 Å². The first-order valence-corrected chi connectivity index (χ1v) is 5.52. The van der Waals surface area contributed by atoms with Crippen LogP contribution in [0, 0.1) is 19.7 Å². The first-order valence-electron chi connectivity index (χ1n) is 5.52. The molecule has 0 spiro atoms. The minimum absolute atomic E-state index is 0.206. The van der Waals surface area contributed by atoms with Crippen molar-refractivity contribution in [2.24, 2.45) is 5.73 Å². The van der Waals surface area contributed by atoms with Gasteiger partial charge in [-0.05, 0) is 42.7 Å². The Bertz CT molecular complexity index is 520. The lowest BCUT2D eigenvalue weighted by molar-refractivity contribution is 0.617. The zero-order valence-corrected chi connectivity index (χ0v) is 9.94. The topological polar surface area (TPSA) is 38.9 Å². The van der Waals surface area contributed by atoms with E-state index in [2.05, 4.69) is 4.98 Å². The van der Waals surface area contributed by atoms with E-state index >= 15 is 0 Å². The van der Waals surface area contributed by atoms with Gasteiger partial charge in [-0.2, -0.15) is 0 Å². The Morgan fingerprint density at radius 3 is 2.41 bits per heavy atom. The molecule has 2 N–H and O–H groups in total. The average Bonchev–Trinajstić information content (AvgIpc) is 2.33. The van der Waals surface area contributed by atoms with Gasteiger partial charge >= 0.3 is 0 Å². The Labute approximate surface area is 100 Å². The summed E-state index contributed by atoms with van der Waals surface area (Å²) in [5.41, 5.74) is 9.52. The summed E-state index contributed by atoms with van der Waals surface area (Å²) in [5.74, 6) is -0.206. The van der Waals surface area contributed by atoms with Gasteiger partial charge in [0.05, 0.1) is 6.04 Å². The normalized spacial score (nSPS) is 12.5. The van der Waals surface area contributed by atoms with Gasteiger partial charge in [0.25, 0.3) is 0 Å². The molecule has 0 fully saturated rings. The lowest BCUT2D eigenvalue weighted by Gasteiger charge is -2.13. The number of nitrogens with two attached hydrogens (primary N) is 1. The summed E-state index contributed by atoms with van der Waals surface area (Å²) in [5, 5.41) is 0. The van der Waals surface area contributed by atoms with Gasteiger partial charge in [0.2, 0.25) is 0 Å². The van der Waals surface area contributed by atoms with E-state index in [1.54, 1.807) is 25.3 Å². The first-order chi connectivity index (χ1) is 8.08. The van der Waals surface area contributed by atoms with Gasteiger partial charge in [0, 0.05) is 11.9 Å². The third-order valence-corrected chi connectivity index (χ3v) is 2.83. The number of benzene rings is 1. The van der Waals surface area contributed by atoms with Crippen molar-refractivity contribution < 1.29 is 4.39 Å². The predicted molar refractivity (Wildman–Crippen MR) is 66.1 cm³/mol. The lowest BCUT2D eigenvalue weighted by atomic mass is 9.99. The van der Waals surface area contributed by atoms with Gasteiger partial charge < -0.3 is 5.73 Å². The van der Waals surface area contributed by atoms with Gasteiger partial charge in [-0.25, -0.2) is 4.39 Å². The number of hydrogen-bond acceptors (Lipinski definition) is 2. The maximum atomic E-state index is 13.2. The fraction of sp³-hybridized carbons (Fsp3) is 0.214. The molecule has 1 aromatic carbocycles. The maximum Gasteiger partial charge on any atom is 0.126 e. The van der Waals surface area contributed by atoms with Crippen LogP contribution in [-0.2, 0) is 0 Å². The molecule has 2 nitrogen and oxygen atoms in total. The average molecular weight is 230 g/mol. The number of hydrogen-bond donors (Lipinski definition) is 1. The molecule has 1 atom stereocenters. The van der Waals surface area contributed by atoms with Crippen molar-refractivity contribution in [2.45, 2.75) is 19.9 Å². The molecule has 0 saturated heterocycles. The van der Waals surface area contributed by atoms with Crippen molar-refractivity contribution in [3.05, 3.63) is 64.7 Å². The molecular weight excluding hydrogens is 215 g/mol. The van der Waals surface area contributed by atoms with E-state index in [0.29, 0.717) is 5.56 Å². The highest BCUT2D eigenvalue weighted by molar-refractivity contribution is 5.33. The van der Waals surface area contributed by atoms with Crippen molar-refractivity contribution >= 4 is 0 Å². The third kappa shape index (κ3) is 2.50. The van der Waals surface area contributed by atoms with Gasteiger partial charge in [-0.1, -0.05) is 18.2 Å². The molecule has 88 valence electrons. The summed E-state index contributed by atoms with van der Waals surface area (Å²) in [7, 11) is 0. The largest absolute Gasteiger partial charge is 0.320 e. The van der Waals surface area contributed by atoms with E-state index < -0.39 is 0 Å². The Balaban J connectivity index is 2.33. The van der Waals surface area contributed by atoms with E-state index in [-0.39, 0.29) is 11.9 Å². The van der Waals surface area contributed by atoms with Crippen LogP contribution in [0.4, 0.5) is 4.39 Å². The zero-order valence-electron chi connectivity index (χ0n) is 9.94. The Morgan fingerprint density at radius 1 is 1.12 bits per heavy atom. The van der Waals surface area contributed by atoms with Crippen LogP contribution >= 0.6 is 0 Å². The Morgan fingerprint density at radius 2 is 1.82 bits per heavy atom. The molecule has 1 aromatic heterocycles. The van der Waals surface area contributed by atoms with E-state index in [4.69, 9.17) is 5.73 Å². The summed E-state index contributed by atoms with van der Waals surface area (Å²) in [6, 6.07) is 8.55. The van der Waals surface area contributed by atoms with Crippen LogP contribution in [0.15, 0.2) is 36.5 Å². The van der Waals surface area contributed by atoms with Crippen LogP contribution in [0.2, 0.25) is 0 Å². The molecule has 0 amide bonds. The fourth-order valence-corrected chi connectivity index (χ4v) is 1.72. The molecule has 2 rings (SSSR count). The standard InChI is InChI=1S/C14H15FN2/c1-9-7-11(5-6-13(9)15)14(16)12-4-3-10(2)17-8-12/h3-8,14H,16H2,1-2H3. The van der Waals surface area contributed by atoms with Crippen molar-refractivity contribution in [2.75, 3.05) is 0 Å². The summed E-state index contributed by atoms with van der Waals surface area (Å²) in [6.07, 6.45) is 1.76. The second-order valence-electron chi connectivity index (χ2n) is 4.22. The van der Waals surface area contributed by atoms with Crippen LogP contribution < -0.4 is 5.73 Å². The maximum absolute atomic E-state index is 13.2. The second-order valence-corrected chi connectivity index (χ2v) is 4.22. The van der Waals surface area contributed by atoms with Crippen molar-refractivity contribution in [1.29, 1.82) is 0 Å². The Hall–Kier alpha value is -1.74. The predicted octanol–water partition coefficient (Wildman–Crippen LogP) is 2.89. The monoisotopic (exact) mass is 230 g/mol. The third-order valence-electron chi connectivity index (χ3n) is 2.83. The van der Waals surface area contributed by atoms with Crippen LogP contribution in [0.1, 0.15) is 28.4 Å². The molecule has 17 heavy (non-hydrogen) atoms. The number of halogens is 1. The zero-order chi connectivity index (χ0) is 12.4. The molecule has 0 aliphatic rings. The number of nitrogens with zero attached hydrogens (tertiary/aromatic N) is 1. The highest BCUT2D eigenvalue weighted by Crippen LogP contribution is 2.21. The van der Waals surface area contributed by atoms with E-state index in [0.717, 1.165) is 16.8 Å². The van der Waals surface area contributed by atoms with Crippen LogP contribution in [0.25, 0.3) is 0 Å². The minimum atomic E-state index is -0.262. The minimum Gasteiger partial charge on any atom is -0.320 e. The summed E-state index contributed by atoms with van der Waals surface area (Å²) in [4.78, 5) is 4.21. The molecule has 0 radical (unpaired) electrons. The first kappa shape index (κ1) is 11.7. The molecule has 1 heterocycles. The molecule has 1 unspecified atom stereocenters. The highest BCUT2D eigenvalue weighted by Gasteiger charge is 2.10. The SMILES string of the molecule is Cc1ccc(C(N)c2ccc(F)c(C)c2)cn1. The fourth-order valence-electron chi connectivity index (χ4n) is 1.72. The number of rotatable bonds is 2. The number of pyridine rings is 1. The van der Waals surface area contributed by atoms with Crippen molar-refractivity contribution in [1.82, 2.24) is 4.98 Å². The van der Waals surface area contributed by atoms with Gasteiger partial charge in [0.1, 0.15) is 5.82 Å². The Kier molecular flexibility index (Phi) is 3.20. The molecule has 3 heteroatoms. The lowest BCUT2D eigenvalue weighted by Crippen LogP contribution is -2.12. The van der Waals surface area contributed by atoms with Crippen molar-refractivity contribution in [3.8, 4) is 0 Å². The number of aryl methyl sites for hydroxylation is 2. The van der Waals surface area contributed by atoms with Crippen LogP contribution in [-0.4, -0.2) is 4.98 Å². The quantitative estimate of drug-likeness (QED) is 0.861. The molecule has 0 aliphatic carbocycles. The highest BCUT2D eigenvalue weighted by atomic mass is 19.1. The second kappa shape index (κ2) is 4.63. The molecule has 0 saturated carbocycles. The van der Waals surface area contributed by atoms with Crippen molar-refractivity contribution in [3.63, 3.8) is 0 Å². The molecule has 2 aromatic rings.